The van der Waals surface area contributed by atoms with Gasteiger partial charge in [-0.3, -0.25) is 0 Å². The van der Waals surface area contributed by atoms with Gasteiger partial charge in [0.25, 0.3) is 0 Å². The quantitative estimate of drug-likeness (QED) is 0.289. The molecule has 4 aromatic rings. The van der Waals surface area contributed by atoms with Gasteiger partial charge in [-0.1, -0.05) is 54.6 Å². The summed E-state index contributed by atoms with van der Waals surface area (Å²) in [6.45, 7) is 0. The predicted octanol–water partition coefficient (Wildman–Crippen LogP) is 5.55. The van der Waals surface area contributed by atoms with Gasteiger partial charge in [0, 0.05) is 0 Å². The monoisotopic (exact) mass is 480 g/mol. The molecule has 0 saturated heterocycles. The van der Waals surface area contributed by atoms with Crippen LogP contribution < -0.4 is 0 Å². The molecule has 4 rings (SSSR count). The van der Waals surface area contributed by atoms with Crippen molar-refractivity contribution < 1.29 is 29.7 Å². The van der Waals surface area contributed by atoms with E-state index in [1.54, 1.807) is 36.4 Å². The van der Waals surface area contributed by atoms with Gasteiger partial charge in [-0.2, -0.15) is 0 Å². The van der Waals surface area contributed by atoms with Crippen LogP contribution in [-0.4, -0.2) is 33.2 Å². The molecule has 6 heteroatoms. The highest BCUT2D eigenvalue weighted by Gasteiger charge is 2.09. The lowest BCUT2D eigenvalue weighted by Gasteiger charge is -2.12. The molecule has 6 nitrogen and oxygen atoms in total. The van der Waals surface area contributed by atoms with Crippen LogP contribution in [-0.2, 0) is 19.3 Å². The molecule has 0 spiro atoms. The first kappa shape index (κ1) is 24.4. The van der Waals surface area contributed by atoms with Crippen LogP contribution >= 0.6 is 0 Å². The van der Waals surface area contributed by atoms with Crippen molar-refractivity contribution in [2.45, 2.75) is 19.3 Å². The Kier molecular flexibility index (Phi) is 7.25. The van der Waals surface area contributed by atoms with Crippen molar-refractivity contribution in [2.75, 3.05) is 0 Å². The molecule has 0 amide bonds. The molecule has 0 aliphatic carbocycles. The van der Waals surface area contributed by atoms with Gasteiger partial charge in [-0.05, 0) is 89.0 Å². The number of hydrogen-bond acceptors (Lipinski definition) is 3. The summed E-state index contributed by atoms with van der Waals surface area (Å²) in [5.41, 5.74) is 6.87. The van der Waals surface area contributed by atoms with E-state index in [1.807, 2.05) is 36.4 Å². The van der Waals surface area contributed by atoms with Crippen molar-refractivity contribution in [1.82, 2.24) is 0 Å². The Morgan fingerprint density at radius 3 is 0.806 bits per heavy atom. The molecule has 180 valence electrons. The van der Waals surface area contributed by atoms with Crippen LogP contribution in [0.4, 0.5) is 0 Å². The largest absolute Gasteiger partial charge is 0.478 e. The van der Waals surface area contributed by atoms with Crippen molar-refractivity contribution in [1.29, 1.82) is 0 Å². The summed E-state index contributed by atoms with van der Waals surface area (Å²) in [7, 11) is 0. The third-order valence-electron chi connectivity index (χ3n) is 5.94. The van der Waals surface area contributed by atoms with Crippen LogP contribution in [0.2, 0.25) is 0 Å². The molecule has 0 heterocycles. The SMILES string of the molecule is O=C(O)c1ccc(Cc2cc(Cc3ccc(C(=O)O)cc3)cc(Cc3ccc(C(=O)O)cc3)c2)cc1. The van der Waals surface area contributed by atoms with E-state index in [-0.39, 0.29) is 16.7 Å². The van der Waals surface area contributed by atoms with Crippen molar-refractivity contribution in [3.8, 4) is 0 Å². The fourth-order valence-corrected chi connectivity index (χ4v) is 4.15. The zero-order chi connectivity index (χ0) is 25.7. The van der Waals surface area contributed by atoms with Crippen LogP contribution in [0.5, 0.6) is 0 Å². The highest BCUT2D eigenvalue weighted by Crippen LogP contribution is 2.21. The normalized spacial score (nSPS) is 10.7. The van der Waals surface area contributed by atoms with Gasteiger partial charge in [0.1, 0.15) is 0 Å². The number of carboxylic acid groups (broad SMARTS) is 3. The molecule has 0 radical (unpaired) electrons. The maximum atomic E-state index is 11.2. The third kappa shape index (κ3) is 6.24. The average Bonchev–Trinajstić information content (AvgIpc) is 2.85. The summed E-state index contributed by atoms with van der Waals surface area (Å²) in [6, 6.07) is 26.7. The maximum absolute atomic E-state index is 11.2. The zero-order valence-electron chi connectivity index (χ0n) is 19.3. The molecule has 0 saturated carbocycles. The van der Waals surface area contributed by atoms with E-state index in [9.17, 15) is 14.4 Å². The van der Waals surface area contributed by atoms with Crippen molar-refractivity contribution in [2.24, 2.45) is 0 Å². The van der Waals surface area contributed by atoms with E-state index in [0.717, 1.165) is 33.4 Å². The van der Waals surface area contributed by atoms with Crippen LogP contribution in [0.25, 0.3) is 0 Å². The molecule has 3 N–H and O–H groups in total. The zero-order valence-corrected chi connectivity index (χ0v) is 19.3. The average molecular weight is 481 g/mol. The molecule has 0 fully saturated rings. The highest BCUT2D eigenvalue weighted by molar-refractivity contribution is 5.88. The second kappa shape index (κ2) is 10.7. The highest BCUT2D eigenvalue weighted by atomic mass is 16.4. The van der Waals surface area contributed by atoms with Crippen LogP contribution in [0.1, 0.15) is 64.5 Å². The fourth-order valence-electron chi connectivity index (χ4n) is 4.15. The number of hydrogen-bond donors (Lipinski definition) is 3. The van der Waals surface area contributed by atoms with Crippen molar-refractivity contribution in [3.05, 3.63) is 141 Å². The van der Waals surface area contributed by atoms with E-state index in [0.29, 0.717) is 19.3 Å². The Balaban J connectivity index is 1.62. The summed E-state index contributed by atoms with van der Waals surface area (Å²) < 4.78 is 0. The summed E-state index contributed by atoms with van der Waals surface area (Å²) in [5, 5.41) is 27.4. The van der Waals surface area contributed by atoms with Crippen LogP contribution in [0.3, 0.4) is 0 Å². The van der Waals surface area contributed by atoms with E-state index in [4.69, 9.17) is 15.3 Å². The molecular weight excluding hydrogens is 456 g/mol. The van der Waals surface area contributed by atoms with Crippen molar-refractivity contribution >= 4 is 17.9 Å². The predicted molar refractivity (Wildman–Crippen MR) is 135 cm³/mol. The Morgan fingerprint density at radius 2 is 0.611 bits per heavy atom. The van der Waals surface area contributed by atoms with E-state index >= 15 is 0 Å². The second-order valence-corrected chi connectivity index (χ2v) is 8.69. The van der Waals surface area contributed by atoms with E-state index < -0.39 is 17.9 Å². The molecule has 0 bridgehead atoms. The van der Waals surface area contributed by atoms with Crippen molar-refractivity contribution in [3.63, 3.8) is 0 Å². The third-order valence-corrected chi connectivity index (χ3v) is 5.94. The molecule has 36 heavy (non-hydrogen) atoms. The van der Waals surface area contributed by atoms with Gasteiger partial charge in [0.05, 0.1) is 16.7 Å². The summed E-state index contributed by atoms with van der Waals surface area (Å²) in [5.74, 6) is -2.89. The molecule has 4 aromatic carbocycles. The first-order valence-corrected chi connectivity index (χ1v) is 11.4. The van der Waals surface area contributed by atoms with E-state index in [2.05, 4.69) is 18.2 Å². The van der Waals surface area contributed by atoms with Gasteiger partial charge in [0.15, 0.2) is 0 Å². The number of aromatic carboxylic acids is 3. The fraction of sp³-hybridized carbons (Fsp3) is 0.100. The lowest BCUT2D eigenvalue weighted by molar-refractivity contribution is 0.0686. The van der Waals surface area contributed by atoms with E-state index in [1.165, 1.54) is 0 Å². The number of carboxylic acids is 3. The Morgan fingerprint density at radius 1 is 0.389 bits per heavy atom. The summed E-state index contributed by atoms with van der Waals surface area (Å²) in [6.07, 6.45) is 1.87. The lowest BCUT2D eigenvalue weighted by atomic mass is 9.93. The number of benzene rings is 4. The minimum Gasteiger partial charge on any atom is -0.478 e. The Hall–Kier alpha value is -4.71. The second-order valence-electron chi connectivity index (χ2n) is 8.69. The van der Waals surface area contributed by atoms with Gasteiger partial charge >= 0.3 is 17.9 Å². The van der Waals surface area contributed by atoms with Gasteiger partial charge < -0.3 is 15.3 Å². The van der Waals surface area contributed by atoms with Gasteiger partial charge in [-0.25, -0.2) is 14.4 Å². The van der Waals surface area contributed by atoms with Gasteiger partial charge in [0.2, 0.25) is 0 Å². The molecular formula is C30H24O6. The molecule has 0 atom stereocenters. The Bertz CT molecular complexity index is 1210. The topological polar surface area (TPSA) is 112 Å². The molecule has 0 aromatic heterocycles. The molecule has 0 unspecified atom stereocenters. The molecule has 0 aliphatic heterocycles. The standard InChI is InChI=1S/C30H24O6/c31-28(32)25-7-1-19(2-8-25)13-22-16-23(14-20-3-9-26(10-4-20)29(33)34)18-24(17-22)15-21-5-11-27(12-6-21)30(35)36/h1-12,16-18H,13-15H2,(H,31,32)(H,33,34)(H,35,36). The summed E-state index contributed by atoms with van der Waals surface area (Å²) in [4.78, 5) is 33.5. The minimum absolute atomic E-state index is 0.239. The minimum atomic E-state index is -0.964. The smallest absolute Gasteiger partial charge is 0.335 e. The first-order valence-electron chi connectivity index (χ1n) is 11.4. The molecule has 0 aliphatic rings. The first-order chi connectivity index (χ1) is 17.3. The van der Waals surface area contributed by atoms with Crippen LogP contribution in [0.15, 0.2) is 91.0 Å². The Labute approximate surface area is 208 Å². The van der Waals surface area contributed by atoms with Gasteiger partial charge in [-0.15, -0.1) is 0 Å². The van der Waals surface area contributed by atoms with Crippen LogP contribution in [0, 0.1) is 0 Å². The summed E-state index contributed by atoms with van der Waals surface area (Å²) >= 11 is 0. The number of rotatable bonds is 9. The number of carbonyl (C=O) groups is 3. The maximum Gasteiger partial charge on any atom is 0.335 e. The lowest BCUT2D eigenvalue weighted by Crippen LogP contribution is -2.00.